The Morgan fingerprint density at radius 2 is 2.25 bits per heavy atom. The van der Waals surface area contributed by atoms with Gasteiger partial charge in [-0.05, 0) is 18.6 Å². The van der Waals surface area contributed by atoms with Crippen molar-refractivity contribution >= 4 is 5.91 Å². The van der Waals surface area contributed by atoms with Crippen LogP contribution in [0.15, 0.2) is 22.8 Å². The van der Waals surface area contributed by atoms with Gasteiger partial charge in [-0.25, -0.2) is 0 Å². The highest BCUT2D eigenvalue weighted by Gasteiger charge is 2.14. The van der Waals surface area contributed by atoms with Gasteiger partial charge < -0.3 is 19.2 Å². The number of rotatable bonds is 4. The van der Waals surface area contributed by atoms with Gasteiger partial charge >= 0.3 is 0 Å². The molecule has 1 amide bonds. The van der Waals surface area contributed by atoms with E-state index in [1.165, 1.54) is 6.26 Å². The second-order valence-corrected chi connectivity index (χ2v) is 3.55. The molecule has 0 radical (unpaired) electrons. The fourth-order valence-corrected chi connectivity index (χ4v) is 1.50. The molecule has 0 bridgehead atoms. The van der Waals surface area contributed by atoms with Crippen LogP contribution in [0, 0.1) is 0 Å². The van der Waals surface area contributed by atoms with Crippen LogP contribution in [-0.4, -0.2) is 32.0 Å². The number of nitrogens with one attached hydrogen (secondary N) is 1. The molecule has 1 N–H and O–H groups in total. The van der Waals surface area contributed by atoms with E-state index in [0.717, 1.165) is 19.6 Å². The normalized spacial score (nSPS) is 17.2. The first-order valence-electron chi connectivity index (χ1n) is 5.41. The number of ether oxygens (including phenoxy) is 2. The van der Waals surface area contributed by atoms with E-state index in [-0.39, 0.29) is 12.2 Å². The Balaban J connectivity index is 1.66. The van der Waals surface area contributed by atoms with Crippen LogP contribution in [0.5, 0.6) is 0 Å². The van der Waals surface area contributed by atoms with Crippen LogP contribution in [0.25, 0.3) is 0 Å². The molecule has 0 saturated carbocycles. The van der Waals surface area contributed by atoms with E-state index in [0.29, 0.717) is 18.7 Å². The molecular weight excluding hydrogens is 210 g/mol. The third-order valence-corrected chi connectivity index (χ3v) is 2.31. The fraction of sp³-hybridized carbons (Fsp3) is 0.545. The summed E-state index contributed by atoms with van der Waals surface area (Å²) in [5.41, 5.74) is 0. The first-order valence-corrected chi connectivity index (χ1v) is 5.41. The maximum Gasteiger partial charge on any atom is 0.286 e. The van der Waals surface area contributed by atoms with Crippen LogP contribution in [0.1, 0.15) is 23.4 Å². The second kappa shape index (κ2) is 5.67. The van der Waals surface area contributed by atoms with Gasteiger partial charge in [0.2, 0.25) is 0 Å². The van der Waals surface area contributed by atoms with Crippen molar-refractivity contribution in [2.45, 2.75) is 19.1 Å². The van der Waals surface area contributed by atoms with E-state index in [2.05, 4.69) is 5.32 Å². The number of carbonyl (C=O) groups excluding carboxylic acids is 1. The lowest BCUT2D eigenvalue weighted by Gasteiger charge is -2.22. The number of furan rings is 1. The molecule has 1 fully saturated rings. The molecular formula is C11H15NO4. The topological polar surface area (TPSA) is 60.7 Å². The van der Waals surface area contributed by atoms with Crippen LogP contribution < -0.4 is 5.32 Å². The summed E-state index contributed by atoms with van der Waals surface area (Å²) in [5.74, 6) is 0.117. The maximum absolute atomic E-state index is 11.5. The molecule has 1 aromatic rings. The molecule has 0 spiro atoms. The monoisotopic (exact) mass is 225 g/mol. The van der Waals surface area contributed by atoms with Gasteiger partial charge in [0, 0.05) is 13.0 Å². The predicted octanol–water partition coefficient (Wildman–Crippen LogP) is 1.16. The van der Waals surface area contributed by atoms with E-state index >= 15 is 0 Å². The standard InChI is InChI=1S/C11H15NO4/c13-11(9-3-1-6-14-9)12-5-4-10-15-7-2-8-16-10/h1,3,6,10H,2,4-5,7-8H2,(H,12,13). The lowest BCUT2D eigenvalue weighted by atomic mass is 10.3. The van der Waals surface area contributed by atoms with Gasteiger partial charge in [0.05, 0.1) is 19.5 Å². The van der Waals surface area contributed by atoms with Crippen molar-refractivity contribution in [3.05, 3.63) is 24.2 Å². The van der Waals surface area contributed by atoms with Gasteiger partial charge in [-0.3, -0.25) is 4.79 Å². The average Bonchev–Trinajstić information content (AvgIpc) is 2.84. The minimum absolute atomic E-state index is 0.189. The Bertz CT molecular complexity index is 317. The molecule has 1 aliphatic rings. The molecule has 2 heterocycles. The molecule has 5 heteroatoms. The Hall–Kier alpha value is -1.33. The Morgan fingerprint density at radius 1 is 1.44 bits per heavy atom. The summed E-state index contributed by atoms with van der Waals surface area (Å²) < 4.78 is 15.7. The van der Waals surface area contributed by atoms with E-state index < -0.39 is 0 Å². The van der Waals surface area contributed by atoms with Crippen molar-refractivity contribution < 1.29 is 18.7 Å². The zero-order valence-electron chi connectivity index (χ0n) is 8.98. The van der Waals surface area contributed by atoms with Crippen LogP contribution in [0.4, 0.5) is 0 Å². The predicted molar refractivity (Wildman–Crippen MR) is 56.0 cm³/mol. The SMILES string of the molecule is O=C(NCCC1OCCCO1)c1ccco1. The highest BCUT2D eigenvalue weighted by atomic mass is 16.7. The Labute approximate surface area is 93.7 Å². The molecule has 1 aromatic heterocycles. The minimum Gasteiger partial charge on any atom is -0.459 e. The van der Waals surface area contributed by atoms with Gasteiger partial charge in [0.1, 0.15) is 0 Å². The summed E-state index contributed by atoms with van der Waals surface area (Å²) in [6, 6.07) is 3.31. The van der Waals surface area contributed by atoms with E-state index in [1.807, 2.05) is 0 Å². The van der Waals surface area contributed by atoms with Crippen LogP contribution in [-0.2, 0) is 9.47 Å². The summed E-state index contributed by atoms with van der Waals surface area (Å²) in [7, 11) is 0. The number of hydrogen-bond donors (Lipinski definition) is 1. The van der Waals surface area contributed by atoms with E-state index in [9.17, 15) is 4.79 Å². The van der Waals surface area contributed by atoms with Crippen molar-refractivity contribution in [3.63, 3.8) is 0 Å². The first kappa shape index (κ1) is 11.2. The third kappa shape index (κ3) is 3.08. The van der Waals surface area contributed by atoms with Gasteiger partial charge in [-0.2, -0.15) is 0 Å². The smallest absolute Gasteiger partial charge is 0.286 e. The molecule has 0 atom stereocenters. The molecule has 2 rings (SSSR count). The summed E-state index contributed by atoms with van der Waals surface area (Å²) in [6.07, 6.45) is 2.88. The molecule has 5 nitrogen and oxygen atoms in total. The van der Waals surface area contributed by atoms with Gasteiger partial charge in [-0.1, -0.05) is 0 Å². The third-order valence-electron chi connectivity index (χ3n) is 2.31. The van der Waals surface area contributed by atoms with Crippen LogP contribution in [0.2, 0.25) is 0 Å². The van der Waals surface area contributed by atoms with Crippen molar-refractivity contribution in [1.82, 2.24) is 5.32 Å². The molecule has 88 valence electrons. The second-order valence-electron chi connectivity index (χ2n) is 3.55. The summed E-state index contributed by atoms with van der Waals surface area (Å²) in [6.45, 7) is 1.98. The van der Waals surface area contributed by atoms with Crippen molar-refractivity contribution in [3.8, 4) is 0 Å². The lowest BCUT2D eigenvalue weighted by molar-refractivity contribution is -0.180. The molecule has 0 aliphatic carbocycles. The zero-order valence-corrected chi connectivity index (χ0v) is 8.98. The number of hydrogen-bond acceptors (Lipinski definition) is 4. The van der Waals surface area contributed by atoms with Crippen LogP contribution >= 0.6 is 0 Å². The van der Waals surface area contributed by atoms with Crippen LogP contribution in [0.3, 0.4) is 0 Å². The Morgan fingerprint density at radius 3 is 2.94 bits per heavy atom. The minimum atomic E-state index is -0.208. The largest absolute Gasteiger partial charge is 0.459 e. The molecule has 0 aromatic carbocycles. The maximum atomic E-state index is 11.5. The average molecular weight is 225 g/mol. The summed E-state index contributed by atoms with van der Waals surface area (Å²) in [5, 5.41) is 2.74. The Kier molecular flexibility index (Phi) is 3.96. The quantitative estimate of drug-likeness (QED) is 0.835. The number of carbonyl (C=O) groups is 1. The van der Waals surface area contributed by atoms with E-state index in [4.69, 9.17) is 13.9 Å². The van der Waals surface area contributed by atoms with Crippen molar-refractivity contribution in [2.75, 3.05) is 19.8 Å². The summed E-state index contributed by atoms with van der Waals surface area (Å²) in [4.78, 5) is 11.5. The van der Waals surface area contributed by atoms with Gasteiger partial charge in [0.25, 0.3) is 5.91 Å². The molecule has 0 unspecified atom stereocenters. The van der Waals surface area contributed by atoms with Gasteiger partial charge in [0.15, 0.2) is 12.1 Å². The molecule has 1 saturated heterocycles. The highest BCUT2D eigenvalue weighted by molar-refractivity contribution is 5.91. The lowest BCUT2D eigenvalue weighted by Crippen LogP contribution is -2.31. The van der Waals surface area contributed by atoms with E-state index in [1.54, 1.807) is 12.1 Å². The highest BCUT2D eigenvalue weighted by Crippen LogP contribution is 2.07. The first-order chi connectivity index (χ1) is 7.86. The van der Waals surface area contributed by atoms with Crippen molar-refractivity contribution in [2.24, 2.45) is 0 Å². The molecule has 16 heavy (non-hydrogen) atoms. The van der Waals surface area contributed by atoms with Crippen molar-refractivity contribution in [1.29, 1.82) is 0 Å². The van der Waals surface area contributed by atoms with Gasteiger partial charge in [-0.15, -0.1) is 0 Å². The summed E-state index contributed by atoms with van der Waals surface area (Å²) >= 11 is 0. The zero-order chi connectivity index (χ0) is 11.2. The molecule has 1 aliphatic heterocycles. The number of amides is 1. The fourth-order valence-electron chi connectivity index (χ4n) is 1.50.